The zero-order valence-corrected chi connectivity index (χ0v) is 43.3. The van der Waals surface area contributed by atoms with E-state index in [1.807, 2.05) is 0 Å². The molecule has 6 nitrogen and oxygen atoms in total. The maximum atomic E-state index is 12.8. The SMILES string of the molecule is CCCC/C=C\C/C=C\CCCCCCCC(=O)O[C@H](COC(=O)CCCCCCC/C=C\CCCCCCC)COC(=O)CCCCCCCCCCC/C=C\CCCCCCCC. The normalized spacial score (nSPS) is 12.4. The fraction of sp³-hybridized carbons (Fsp3) is 0.814. The van der Waals surface area contributed by atoms with E-state index in [1.54, 1.807) is 0 Å². The molecule has 6 heteroatoms. The minimum Gasteiger partial charge on any atom is -0.462 e. The summed E-state index contributed by atoms with van der Waals surface area (Å²) in [6.07, 6.45) is 65.2. The Morgan fingerprint density at radius 3 is 0.908 bits per heavy atom. The Bertz CT molecular complexity index is 1140. The van der Waals surface area contributed by atoms with E-state index < -0.39 is 6.10 Å². The highest BCUT2D eigenvalue weighted by Gasteiger charge is 2.19. The molecule has 0 amide bonds. The van der Waals surface area contributed by atoms with Crippen molar-refractivity contribution in [3.8, 4) is 0 Å². The van der Waals surface area contributed by atoms with Crippen molar-refractivity contribution < 1.29 is 28.6 Å². The molecule has 65 heavy (non-hydrogen) atoms. The van der Waals surface area contributed by atoms with E-state index in [0.717, 1.165) is 89.9 Å². The molecule has 0 bridgehead atoms. The standard InChI is InChI=1S/C59H106O6/c1-4-7-10-13-16-19-22-25-28-29-30-31-32-35-37-40-43-46-49-52-58(61)64-55-56(65-59(62)53-50-47-44-41-38-34-27-24-21-18-15-12-9-6-3)54-63-57(60)51-48-45-42-39-36-33-26-23-20-17-14-11-8-5-2/h15,18,23-28,56H,4-14,16-17,19-22,29-55H2,1-3H3/b18-15-,26-23-,27-24-,28-25-/t56-/m1/s1. The smallest absolute Gasteiger partial charge is 0.306 e. The van der Waals surface area contributed by atoms with Crippen LogP contribution < -0.4 is 0 Å². The van der Waals surface area contributed by atoms with Crippen molar-refractivity contribution in [3.05, 3.63) is 48.6 Å². The van der Waals surface area contributed by atoms with E-state index in [4.69, 9.17) is 14.2 Å². The van der Waals surface area contributed by atoms with Crippen LogP contribution in [0.5, 0.6) is 0 Å². The molecule has 0 aliphatic carbocycles. The lowest BCUT2D eigenvalue weighted by Gasteiger charge is -2.18. The lowest BCUT2D eigenvalue weighted by molar-refractivity contribution is -0.167. The largest absolute Gasteiger partial charge is 0.462 e. The van der Waals surface area contributed by atoms with Crippen molar-refractivity contribution in [2.75, 3.05) is 13.2 Å². The third kappa shape index (κ3) is 52.2. The average molecular weight is 911 g/mol. The van der Waals surface area contributed by atoms with Crippen LogP contribution in [-0.4, -0.2) is 37.2 Å². The van der Waals surface area contributed by atoms with E-state index >= 15 is 0 Å². The van der Waals surface area contributed by atoms with Crippen LogP contribution in [0.4, 0.5) is 0 Å². The Hall–Kier alpha value is -2.63. The topological polar surface area (TPSA) is 78.9 Å². The summed E-state index contributed by atoms with van der Waals surface area (Å²) in [5.74, 6) is -0.896. The lowest BCUT2D eigenvalue weighted by atomic mass is 10.1. The van der Waals surface area contributed by atoms with Crippen LogP contribution in [0, 0.1) is 0 Å². The molecule has 0 saturated heterocycles. The van der Waals surface area contributed by atoms with Gasteiger partial charge in [0.2, 0.25) is 0 Å². The molecular formula is C59H106O6. The van der Waals surface area contributed by atoms with Gasteiger partial charge in [-0.3, -0.25) is 14.4 Å². The number of carbonyl (C=O) groups is 3. The Labute approximate surface area is 403 Å². The second-order valence-electron chi connectivity index (χ2n) is 18.8. The van der Waals surface area contributed by atoms with Crippen molar-refractivity contribution in [3.63, 3.8) is 0 Å². The Balaban J connectivity index is 4.36. The summed E-state index contributed by atoms with van der Waals surface area (Å²) in [5, 5.41) is 0. The summed E-state index contributed by atoms with van der Waals surface area (Å²) in [6.45, 7) is 6.59. The van der Waals surface area contributed by atoms with Gasteiger partial charge in [0.25, 0.3) is 0 Å². The number of allylic oxidation sites excluding steroid dienone is 8. The highest BCUT2D eigenvalue weighted by atomic mass is 16.6. The van der Waals surface area contributed by atoms with Crippen LogP contribution in [0.1, 0.15) is 290 Å². The van der Waals surface area contributed by atoms with Crippen LogP contribution >= 0.6 is 0 Å². The highest BCUT2D eigenvalue weighted by molar-refractivity contribution is 5.71. The van der Waals surface area contributed by atoms with Gasteiger partial charge in [0.15, 0.2) is 6.10 Å². The van der Waals surface area contributed by atoms with Crippen molar-refractivity contribution in [2.24, 2.45) is 0 Å². The molecule has 0 aliphatic rings. The second kappa shape index (κ2) is 54.0. The van der Waals surface area contributed by atoms with E-state index in [1.165, 1.54) is 161 Å². The van der Waals surface area contributed by atoms with Gasteiger partial charge in [0.05, 0.1) is 0 Å². The quantitative estimate of drug-likeness (QED) is 0.0262. The maximum Gasteiger partial charge on any atom is 0.306 e. The molecule has 0 aromatic heterocycles. The molecule has 0 aliphatic heterocycles. The Kier molecular flexibility index (Phi) is 51.8. The zero-order valence-electron chi connectivity index (χ0n) is 43.3. The lowest BCUT2D eigenvalue weighted by Crippen LogP contribution is -2.30. The van der Waals surface area contributed by atoms with Gasteiger partial charge in [-0.15, -0.1) is 0 Å². The Morgan fingerprint density at radius 2 is 0.569 bits per heavy atom. The van der Waals surface area contributed by atoms with Crippen molar-refractivity contribution in [1.29, 1.82) is 0 Å². The third-order valence-electron chi connectivity index (χ3n) is 12.3. The Morgan fingerprint density at radius 1 is 0.308 bits per heavy atom. The molecule has 0 spiro atoms. The minimum atomic E-state index is -0.783. The van der Waals surface area contributed by atoms with Crippen LogP contribution in [0.3, 0.4) is 0 Å². The van der Waals surface area contributed by atoms with E-state index in [2.05, 4.69) is 69.4 Å². The van der Waals surface area contributed by atoms with E-state index in [-0.39, 0.29) is 31.1 Å². The zero-order chi connectivity index (χ0) is 47.2. The number of unbranched alkanes of at least 4 members (excludes halogenated alkanes) is 32. The predicted octanol–water partition coefficient (Wildman–Crippen LogP) is 18.7. The number of hydrogen-bond acceptors (Lipinski definition) is 6. The number of rotatable bonds is 51. The summed E-state index contributed by atoms with van der Waals surface area (Å²) >= 11 is 0. The highest BCUT2D eigenvalue weighted by Crippen LogP contribution is 2.15. The molecule has 0 N–H and O–H groups in total. The van der Waals surface area contributed by atoms with Gasteiger partial charge in [-0.25, -0.2) is 0 Å². The summed E-state index contributed by atoms with van der Waals surface area (Å²) in [6, 6.07) is 0. The van der Waals surface area contributed by atoms with Gasteiger partial charge in [0, 0.05) is 19.3 Å². The molecule has 0 radical (unpaired) electrons. The van der Waals surface area contributed by atoms with E-state index in [9.17, 15) is 14.4 Å². The van der Waals surface area contributed by atoms with Crippen LogP contribution in [0.15, 0.2) is 48.6 Å². The molecule has 0 saturated carbocycles. The van der Waals surface area contributed by atoms with Crippen molar-refractivity contribution in [1.82, 2.24) is 0 Å². The van der Waals surface area contributed by atoms with Gasteiger partial charge in [-0.05, 0) is 96.3 Å². The molecule has 1 atom stereocenters. The molecular weight excluding hydrogens is 805 g/mol. The van der Waals surface area contributed by atoms with E-state index in [0.29, 0.717) is 19.3 Å². The summed E-state index contributed by atoms with van der Waals surface area (Å²) in [4.78, 5) is 38.1. The van der Waals surface area contributed by atoms with Gasteiger partial charge >= 0.3 is 17.9 Å². The first-order chi connectivity index (χ1) is 32.0. The summed E-state index contributed by atoms with van der Waals surface area (Å²) in [7, 11) is 0. The predicted molar refractivity (Wildman–Crippen MR) is 279 cm³/mol. The monoisotopic (exact) mass is 911 g/mol. The van der Waals surface area contributed by atoms with Gasteiger partial charge in [0.1, 0.15) is 13.2 Å². The first-order valence-corrected chi connectivity index (χ1v) is 28.1. The molecule has 0 heterocycles. The molecule has 0 unspecified atom stereocenters. The molecule has 0 aromatic rings. The molecule has 0 fully saturated rings. The third-order valence-corrected chi connectivity index (χ3v) is 12.3. The first kappa shape index (κ1) is 62.4. The summed E-state index contributed by atoms with van der Waals surface area (Å²) < 4.78 is 16.8. The average Bonchev–Trinajstić information content (AvgIpc) is 3.30. The fourth-order valence-corrected chi connectivity index (χ4v) is 7.98. The molecule has 0 aromatic carbocycles. The van der Waals surface area contributed by atoms with Crippen LogP contribution in [0.25, 0.3) is 0 Å². The maximum absolute atomic E-state index is 12.8. The number of ether oxygens (including phenoxy) is 3. The number of esters is 3. The second-order valence-corrected chi connectivity index (χ2v) is 18.8. The van der Waals surface area contributed by atoms with Gasteiger partial charge < -0.3 is 14.2 Å². The van der Waals surface area contributed by atoms with Gasteiger partial charge in [-0.1, -0.05) is 223 Å². The van der Waals surface area contributed by atoms with Gasteiger partial charge in [-0.2, -0.15) is 0 Å². The van der Waals surface area contributed by atoms with Crippen LogP contribution in [0.2, 0.25) is 0 Å². The fourth-order valence-electron chi connectivity index (χ4n) is 7.98. The summed E-state index contributed by atoms with van der Waals surface area (Å²) in [5.41, 5.74) is 0. The molecule has 0 rings (SSSR count). The van der Waals surface area contributed by atoms with Crippen LogP contribution in [-0.2, 0) is 28.6 Å². The minimum absolute atomic E-state index is 0.0812. The number of carbonyl (C=O) groups excluding carboxylic acids is 3. The molecule has 378 valence electrons. The number of hydrogen-bond donors (Lipinski definition) is 0. The van der Waals surface area contributed by atoms with Crippen molar-refractivity contribution >= 4 is 17.9 Å². The van der Waals surface area contributed by atoms with Crippen molar-refractivity contribution in [2.45, 2.75) is 297 Å². The first-order valence-electron chi connectivity index (χ1n) is 28.1.